The molecule has 0 saturated carbocycles. The van der Waals surface area contributed by atoms with Gasteiger partial charge in [0.25, 0.3) is 15.9 Å². The molecule has 3 aromatic rings. The van der Waals surface area contributed by atoms with Gasteiger partial charge in [0.15, 0.2) is 0 Å². The average molecular weight is 467 g/mol. The zero-order chi connectivity index (χ0) is 23.4. The first-order valence-electron chi connectivity index (χ1n) is 10.7. The lowest BCUT2D eigenvalue weighted by molar-refractivity contribution is 0.0843. The Bertz CT molecular complexity index is 1260. The van der Waals surface area contributed by atoms with Crippen molar-refractivity contribution >= 4 is 21.6 Å². The Morgan fingerprint density at radius 1 is 1.09 bits per heavy atom. The molecule has 0 aliphatic carbocycles. The fraction of sp³-hybridized carbons (Fsp3) is 0.240. The summed E-state index contributed by atoms with van der Waals surface area (Å²) in [7, 11) is -3.80. The number of rotatable bonds is 8. The Morgan fingerprint density at radius 3 is 2.70 bits per heavy atom. The maximum absolute atomic E-state index is 13.2. The van der Waals surface area contributed by atoms with Gasteiger partial charge >= 0.3 is 0 Å². The van der Waals surface area contributed by atoms with Gasteiger partial charge in [-0.3, -0.25) is 9.10 Å². The Balaban J connectivity index is 1.38. The number of ether oxygens (including phenoxy) is 1. The number of para-hydroxylation sites is 1. The fourth-order valence-electron chi connectivity index (χ4n) is 3.75. The minimum Gasteiger partial charge on any atom is -0.491 e. The first-order chi connectivity index (χ1) is 15.8. The van der Waals surface area contributed by atoms with Crippen LogP contribution in [-0.4, -0.2) is 45.2 Å². The average Bonchev–Trinajstić information content (AvgIpc) is 3.26. The van der Waals surface area contributed by atoms with Gasteiger partial charge in [0.1, 0.15) is 18.5 Å². The SMILES string of the molecule is Cc1cccc(OCC(O)CNC(=O)c2cccc(S(=O)(=O)N3CCc4ccccc43)c2)c1. The molecule has 3 aromatic carbocycles. The zero-order valence-corrected chi connectivity index (χ0v) is 19.1. The van der Waals surface area contributed by atoms with Gasteiger partial charge in [-0.05, 0) is 60.9 Å². The number of carbonyl (C=O) groups excluding carboxylic acids is 1. The minimum absolute atomic E-state index is 0.0204. The van der Waals surface area contributed by atoms with Gasteiger partial charge in [-0.2, -0.15) is 0 Å². The topological polar surface area (TPSA) is 95.9 Å². The van der Waals surface area contributed by atoms with E-state index in [9.17, 15) is 18.3 Å². The van der Waals surface area contributed by atoms with E-state index in [0.29, 0.717) is 24.4 Å². The predicted octanol–water partition coefficient (Wildman–Crippen LogP) is 2.92. The molecular formula is C25H26N2O5S. The van der Waals surface area contributed by atoms with Gasteiger partial charge < -0.3 is 15.2 Å². The highest BCUT2D eigenvalue weighted by molar-refractivity contribution is 7.92. The highest BCUT2D eigenvalue weighted by Crippen LogP contribution is 2.32. The molecule has 0 saturated heterocycles. The summed E-state index contributed by atoms with van der Waals surface area (Å²) in [5, 5.41) is 12.8. The van der Waals surface area contributed by atoms with E-state index in [-0.39, 0.29) is 23.6 Å². The minimum atomic E-state index is -3.80. The molecule has 0 aromatic heterocycles. The van der Waals surface area contributed by atoms with Gasteiger partial charge in [0.05, 0.1) is 10.6 Å². The number of sulfonamides is 1. The van der Waals surface area contributed by atoms with Crippen LogP contribution in [0.25, 0.3) is 0 Å². The third-order valence-corrected chi connectivity index (χ3v) is 7.27. The van der Waals surface area contributed by atoms with Crippen LogP contribution in [0, 0.1) is 6.92 Å². The molecule has 0 fully saturated rings. The number of nitrogens with zero attached hydrogens (tertiary/aromatic N) is 1. The summed E-state index contributed by atoms with van der Waals surface area (Å²) < 4.78 is 33.4. The van der Waals surface area contributed by atoms with E-state index in [0.717, 1.165) is 11.1 Å². The molecule has 172 valence electrons. The van der Waals surface area contributed by atoms with Crippen LogP contribution in [0.3, 0.4) is 0 Å². The van der Waals surface area contributed by atoms with Crippen molar-refractivity contribution in [1.82, 2.24) is 5.32 Å². The molecule has 33 heavy (non-hydrogen) atoms. The number of anilines is 1. The molecule has 2 N–H and O–H groups in total. The molecule has 1 amide bonds. The Hall–Kier alpha value is -3.36. The van der Waals surface area contributed by atoms with Crippen LogP contribution < -0.4 is 14.4 Å². The quantitative estimate of drug-likeness (QED) is 0.532. The lowest BCUT2D eigenvalue weighted by Crippen LogP contribution is -2.35. The van der Waals surface area contributed by atoms with Crippen molar-refractivity contribution in [3.8, 4) is 5.75 Å². The highest BCUT2D eigenvalue weighted by atomic mass is 32.2. The second-order valence-electron chi connectivity index (χ2n) is 7.98. The zero-order valence-electron chi connectivity index (χ0n) is 18.3. The second-order valence-corrected chi connectivity index (χ2v) is 9.84. The summed E-state index contributed by atoms with van der Waals surface area (Å²) in [4.78, 5) is 12.6. The summed E-state index contributed by atoms with van der Waals surface area (Å²) in [6, 6.07) is 20.8. The molecule has 4 rings (SSSR count). The van der Waals surface area contributed by atoms with E-state index >= 15 is 0 Å². The summed E-state index contributed by atoms with van der Waals surface area (Å²) in [6.45, 7) is 2.30. The molecular weight excluding hydrogens is 440 g/mol. The number of carbonyl (C=O) groups is 1. The molecule has 1 heterocycles. The first-order valence-corrected chi connectivity index (χ1v) is 12.1. The number of amides is 1. The lowest BCUT2D eigenvalue weighted by Gasteiger charge is -2.20. The number of benzene rings is 3. The number of aliphatic hydroxyl groups is 1. The van der Waals surface area contributed by atoms with Crippen LogP contribution in [0.15, 0.2) is 77.7 Å². The van der Waals surface area contributed by atoms with Gasteiger partial charge in [-0.1, -0.05) is 36.4 Å². The van der Waals surface area contributed by atoms with Crippen LogP contribution in [0.1, 0.15) is 21.5 Å². The van der Waals surface area contributed by atoms with E-state index in [2.05, 4.69) is 5.32 Å². The molecule has 1 atom stereocenters. The van der Waals surface area contributed by atoms with Crippen molar-refractivity contribution in [2.75, 3.05) is 24.0 Å². The van der Waals surface area contributed by atoms with Gasteiger partial charge in [-0.15, -0.1) is 0 Å². The van der Waals surface area contributed by atoms with Gasteiger partial charge in [0, 0.05) is 18.7 Å². The molecule has 8 heteroatoms. The third kappa shape index (κ3) is 5.18. The van der Waals surface area contributed by atoms with Crippen molar-refractivity contribution < 1.29 is 23.1 Å². The number of aryl methyl sites for hydroxylation is 1. The van der Waals surface area contributed by atoms with Crippen LogP contribution in [0.5, 0.6) is 5.75 Å². The summed E-state index contributed by atoms with van der Waals surface area (Å²) >= 11 is 0. The molecule has 7 nitrogen and oxygen atoms in total. The number of aliphatic hydroxyl groups excluding tert-OH is 1. The van der Waals surface area contributed by atoms with Crippen LogP contribution in [0.2, 0.25) is 0 Å². The largest absolute Gasteiger partial charge is 0.491 e. The van der Waals surface area contributed by atoms with Crippen molar-refractivity contribution in [2.45, 2.75) is 24.3 Å². The van der Waals surface area contributed by atoms with Crippen LogP contribution >= 0.6 is 0 Å². The maximum Gasteiger partial charge on any atom is 0.264 e. The normalized spacial score (nSPS) is 13.9. The second kappa shape index (κ2) is 9.64. The Kier molecular flexibility index (Phi) is 6.67. The smallest absolute Gasteiger partial charge is 0.264 e. The van der Waals surface area contributed by atoms with Crippen molar-refractivity contribution in [3.63, 3.8) is 0 Å². The first kappa shape index (κ1) is 22.8. The standard InChI is InChI=1S/C25H26N2O5S/c1-18-6-4-9-22(14-18)32-17-21(28)16-26-25(29)20-8-5-10-23(15-20)33(30,31)27-13-12-19-7-2-3-11-24(19)27/h2-11,14-15,21,28H,12-13,16-17H2,1H3,(H,26,29). The summed E-state index contributed by atoms with van der Waals surface area (Å²) in [5.74, 6) is 0.172. The maximum atomic E-state index is 13.2. The van der Waals surface area contributed by atoms with Gasteiger partial charge in [-0.25, -0.2) is 8.42 Å². The highest BCUT2D eigenvalue weighted by Gasteiger charge is 2.31. The van der Waals surface area contributed by atoms with Gasteiger partial charge in [0.2, 0.25) is 0 Å². The predicted molar refractivity (Wildman–Crippen MR) is 126 cm³/mol. The van der Waals surface area contributed by atoms with E-state index in [1.165, 1.54) is 16.4 Å². The molecule has 1 aliphatic rings. The number of hydrogen-bond acceptors (Lipinski definition) is 5. The number of nitrogens with one attached hydrogen (secondary N) is 1. The van der Waals surface area contributed by atoms with Crippen molar-refractivity contribution in [1.29, 1.82) is 0 Å². The van der Waals surface area contributed by atoms with E-state index in [1.807, 2.05) is 43.3 Å². The van der Waals surface area contributed by atoms with Crippen molar-refractivity contribution in [2.24, 2.45) is 0 Å². The monoisotopic (exact) mass is 466 g/mol. The number of fused-ring (bicyclic) bond motifs is 1. The molecule has 0 spiro atoms. The van der Waals surface area contributed by atoms with E-state index < -0.39 is 22.0 Å². The Labute approximate surface area is 193 Å². The summed E-state index contributed by atoms with van der Waals surface area (Å²) in [5.41, 5.74) is 2.90. The van der Waals surface area contributed by atoms with E-state index in [1.54, 1.807) is 24.3 Å². The lowest BCUT2D eigenvalue weighted by atomic mass is 10.2. The molecule has 1 unspecified atom stereocenters. The fourth-order valence-corrected chi connectivity index (χ4v) is 5.30. The number of hydrogen-bond donors (Lipinski definition) is 2. The van der Waals surface area contributed by atoms with Crippen LogP contribution in [0.4, 0.5) is 5.69 Å². The molecule has 0 bridgehead atoms. The third-order valence-electron chi connectivity index (χ3n) is 5.46. The molecule has 1 aliphatic heterocycles. The molecule has 0 radical (unpaired) electrons. The van der Waals surface area contributed by atoms with Crippen molar-refractivity contribution in [3.05, 3.63) is 89.5 Å². The van der Waals surface area contributed by atoms with Crippen LogP contribution in [-0.2, 0) is 16.4 Å². The Morgan fingerprint density at radius 2 is 1.88 bits per heavy atom. The summed E-state index contributed by atoms with van der Waals surface area (Å²) in [6.07, 6.45) is -0.263. The van der Waals surface area contributed by atoms with E-state index in [4.69, 9.17) is 4.74 Å².